The highest BCUT2D eigenvalue weighted by Crippen LogP contribution is 2.55. The Morgan fingerprint density at radius 2 is 1.90 bits per heavy atom. The number of esters is 1. The van der Waals surface area contributed by atoms with E-state index in [0.29, 0.717) is 26.1 Å². The van der Waals surface area contributed by atoms with E-state index in [1.165, 1.54) is 7.11 Å². The van der Waals surface area contributed by atoms with Gasteiger partial charge in [-0.15, -0.1) is 0 Å². The molecule has 3 aliphatic rings. The van der Waals surface area contributed by atoms with Crippen LogP contribution >= 0.6 is 0 Å². The summed E-state index contributed by atoms with van der Waals surface area (Å²) < 4.78 is 16.9. The van der Waals surface area contributed by atoms with Crippen molar-refractivity contribution in [2.24, 2.45) is 23.2 Å². The molecule has 3 rings (SSSR count). The van der Waals surface area contributed by atoms with Crippen molar-refractivity contribution >= 4 is 5.97 Å². The second-order valence-corrected chi connectivity index (χ2v) is 7.34. The van der Waals surface area contributed by atoms with E-state index in [9.17, 15) is 9.90 Å². The molecule has 0 bridgehead atoms. The van der Waals surface area contributed by atoms with Crippen molar-refractivity contribution in [1.82, 2.24) is 0 Å². The summed E-state index contributed by atoms with van der Waals surface area (Å²) >= 11 is 0. The van der Waals surface area contributed by atoms with Gasteiger partial charge in [-0.05, 0) is 18.3 Å². The summed E-state index contributed by atoms with van der Waals surface area (Å²) in [5.74, 6) is -0.879. The summed E-state index contributed by atoms with van der Waals surface area (Å²) in [4.78, 5) is 11.9. The van der Waals surface area contributed by atoms with Crippen LogP contribution < -0.4 is 0 Å². The number of ether oxygens (including phenoxy) is 3. The minimum absolute atomic E-state index is 0.0458. The maximum Gasteiger partial charge on any atom is 0.311 e. The Balaban J connectivity index is 1.73. The molecule has 1 spiro atoms. The predicted molar refractivity (Wildman–Crippen MR) is 70.8 cm³/mol. The van der Waals surface area contributed by atoms with Gasteiger partial charge in [-0.3, -0.25) is 4.79 Å². The molecule has 0 radical (unpaired) electrons. The molecule has 2 aliphatic carbocycles. The number of aliphatic hydroxyl groups excluding tert-OH is 1. The lowest BCUT2D eigenvalue weighted by molar-refractivity contribution is -0.298. The lowest BCUT2D eigenvalue weighted by Crippen LogP contribution is -2.47. The molecule has 1 N–H and O–H groups in total. The van der Waals surface area contributed by atoms with E-state index in [2.05, 4.69) is 13.8 Å². The fourth-order valence-corrected chi connectivity index (χ4v) is 4.02. The quantitative estimate of drug-likeness (QED) is 0.736. The predicted octanol–water partition coefficient (Wildman–Crippen LogP) is 1.34. The van der Waals surface area contributed by atoms with Gasteiger partial charge in [0.15, 0.2) is 5.79 Å². The van der Waals surface area contributed by atoms with E-state index in [1.54, 1.807) is 0 Å². The summed E-state index contributed by atoms with van der Waals surface area (Å²) in [6.07, 6.45) is 1.51. The van der Waals surface area contributed by atoms with Gasteiger partial charge in [0.2, 0.25) is 0 Å². The Hall–Kier alpha value is -0.650. The van der Waals surface area contributed by atoms with Crippen molar-refractivity contribution in [3.05, 3.63) is 0 Å². The van der Waals surface area contributed by atoms with E-state index < -0.39 is 17.8 Å². The zero-order chi connectivity index (χ0) is 14.5. The van der Waals surface area contributed by atoms with E-state index in [4.69, 9.17) is 14.2 Å². The molecule has 0 unspecified atom stereocenters. The second kappa shape index (κ2) is 4.68. The Morgan fingerprint density at radius 3 is 2.50 bits per heavy atom. The van der Waals surface area contributed by atoms with Crippen LogP contribution in [0.25, 0.3) is 0 Å². The summed E-state index contributed by atoms with van der Waals surface area (Å²) in [6.45, 7) is 5.60. The van der Waals surface area contributed by atoms with Gasteiger partial charge in [-0.2, -0.15) is 0 Å². The third kappa shape index (κ3) is 2.26. The van der Waals surface area contributed by atoms with Gasteiger partial charge in [0.25, 0.3) is 0 Å². The molecular weight excluding hydrogens is 260 g/mol. The van der Waals surface area contributed by atoms with Gasteiger partial charge >= 0.3 is 5.97 Å². The third-order valence-corrected chi connectivity index (χ3v) is 5.07. The van der Waals surface area contributed by atoms with Crippen molar-refractivity contribution in [2.45, 2.75) is 45.0 Å². The average Bonchev–Trinajstić information content (AvgIpc) is 2.86. The minimum Gasteiger partial charge on any atom is -0.469 e. The number of hydrogen-bond donors (Lipinski definition) is 1. The fourth-order valence-electron chi connectivity index (χ4n) is 4.02. The number of hydrogen-bond acceptors (Lipinski definition) is 5. The highest BCUT2D eigenvalue weighted by atomic mass is 16.7. The molecular formula is C15H24O5. The summed E-state index contributed by atoms with van der Waals surface area (Å²) in [7, 11) is 1.38. The maximum absolute atomic E-state index is 11.9. The van der Waals surface area contributed by atoms with Crippen molar-refractivity contribution in [3.63, 3.8) is 0 Å². The van der Waals surface area contributed by atoms with Gasteiger partial charge < -0.3 is 19.3 Å². The van der Waals surface area contributed by atoms with Gasteiger partial charge in [0.05, 0.1) is 32.3 Å². The van der Waals surface area contributed by atoms with Crippen LogP contribution in [0, 0.1) is 23.2 Å². The smallest absolute Gasteiger partial charge is 0.311 e. The first kappa shape index (κ1) is 14.3. The Morgan fingerprint density at radius 1 is 1.25 bits per heavy atom. The summed E-state index contributed by atoms with van der Waals surface area (Å²) in [5.41, 5.74) is 0.0458. The highest BCUT2D eigenvalue weighted by molar-refractivity contribution is 5.74. The molecule has 4 atom stereocenters. The topological polar surface area (TPSA) is 65.0 Å². The first-order chi connectivity index (χ1) is 9.36. The van der Waals surface area contributed by atoms with Gasteiger partial charge in [0.1, 0.15) is 0 Å². The number of carbonyl (C=O) groups is 1. The molecule has 0 amide bonds. The molecule has 0 aromatic rings. The molecule has 0 aromatic carbocycles. The first-order valence-corrected chi connectivity index (χ1v) is 7.40. The summed E-state index contributed by atoms with van der Waals surface area (Å²) in [6, 6.07) is 0. The highest BCUT2D eigenvalue weighted by Gasteiger charge is 2.59. The average molecular weight is 284 g/mol. The molecule has 1 saturated heterocycles. The molecule has 3 fully saturated rings. The van der Waals surface area contributed by atoms with E-state index in [1.807, 2.05) is 0 Å². The summed E-state index contributed by atoms with van der Waals surface area (Å²) in [5, 5.41) is 10.1. The largest absolute Gasteiger partial charge is 0.469 e. The zero-order valence-electron chi connectivity index (χ0n) is 12.4. The van der Waals surface area contributed by atoms with Crippen LogP contribution in [0.3, 0.4) is 0 Å². The molecule has 2 saturated carbocycles. The van der Waals surface area contributed by atoms with Crippen LogP contribution in [0.15, 0.2) is 0 Å². The second-order valence-electron chi connectivity index (χ2n) is 7.34. The van der Waals surface area contributed by atoms with Crippen LogP contribution in [-0.4, -0.2) is 43.3 Å². The normalized spacial score (nSPS) is 41.6. The van der Waals surface area contributed by atoms with Crippen molar-refractivity contribution in [2.75, 3.05) is 20.3 Å². The molecule has 114 valence electrons. The Bertz CT molecular complexity index is 395. The lowest BCUT2D eigenvalue weighted by Gasteiger charge is -2.42. The van der Waals surface area contributed by atoms with Crippen molar-refractivity contribution < 1.29 is 24.1 Å². The maximum atomic E-state index is 11.9. The first-order valence-electron chi connectivity index (χ1n) is 7.40. The third-order valence-electron chi connectivity index (χ3n) is 5.07. The number of methoxy groups -OCH3 is 1. The number of carbonyl (C=O) groups excluding carboxylic acids is 1. The minimum atomic E-state index is -0.588. The molecule has 1 aliphatic heterocycles. The monoisotopic (exact) mass is 284 g/mol. The van der Waals surface area contributed by atoms with Gasteiger partial charge in [0, 0.05) is 18.3 Å². The fraction of sp³-hybridized carbons (Fsp3) is 0.933. The molecule has 20 heavy (non-hydrogen) atoms. The Kier molecular flexibility index (Phi) is 3.35. The van der Waals surface area contributed by atoms with Crippen LogP contribution in [0.1, 0.15) is 33.1 Å². The van der Waals surface area contributed by atoms with Gasteiger partial charge in [-0.1, -0.05) is 13.8 Å². The van der Waals surface area contributed by atoms with Crippen LogP contribution in [0.5, 0.6) is 0 Å². The van der Waals surface area contributed by atoms with E-state index in [-0.39, 0.29) is 23.2 Å². The molecule has 5 nitrogen and oxygen atoms in total. The number of aliphatic hydroxyl groups is 1. The van der Waals surface area contributed by atoms with Crippen LogP contribution in [0.4, 0.5) is 0 Å². The van der Waals surface area contributed by atoms with Crippen LogP contribution in [-0.2, 0) is 19.0 Å². The molecule has 0 aromatic heterocycles. The lowest BCUT2D eigenvalue weighted by atomic mass is 9.90. The van der Waals surface area contributed by atoms with Crippen molar-refractivity contribution in [1.29, 1.82) is 0 Å². The Labute approximate surface area is 119 Å². The number of rotatable bonds is 1. The molecule has 1 heterocycles. The standard InChI is InChI=1S/C15H24O5/c1-14(2)7-19-15(20-8-14)5-9-4-11(16)12(10(9)6-15)13(17)18-3/h9-12,16H,4-8H2,1-3H3/t9-,10+,11+,12+/m0/s1. The molecule has 5 heteroatoms. The SMILES string of the molecule is COC(=O)[C@@H]1[C@@H]2CC3(C[C@@H]2C[C@H]1O)OCC(C)(C)CO3. The van der Waals surface area contributed by atoms with Gasteiger partial charge in [-0.25, -0.2) is 0 Å². The number of fused-ring (bicyclic) bond motifs is 1. The van der Waals surface area contributed by atoms with E-state index >= 15 is 0 Å². The van der Waals surface area contributed by atoms with Crippen LogP contribution in [0.2, 0.25) is 0 Å². The van der Waals surface area contributed by atoms with Crippen molar-refractivity contribution in [3.8, 4) is 0 Å². The van der Waals surface area contributed by atoms with E-state index in [0.717, 1.165) is 6.42 Å². The zero-order valence-corrected chi connectivity index (χ0v) is 12.4.